The molecule has 1 aliphatic heterocycles. The lowest BCUT2D eigenvalue weighted by Crippen LogP contribution is -2.30. The summed E-state index contributed by atoms with van der Waals surface area (Å²) in [6.45, 7) is 0.549. The molecule has 0 saturated heterocycles. The van der Waals surface area contributed by atoms with E-state index in [1.165, 1.54) is 0 Å². The summed E-state index contributed by atoms with van der Waals surface area (Å²) in [7, 11) is 1.56. The van der Waals surface area contributed by atoms with Crippen LogP contribution in [0.3, 0.4) is 0 Å². The molecule has 2 heterocycles. The minimum Gasteiger partial charge on any atom is -0.496 e. The van der Waals surface area contributed by atoms with Crippen LogP contribution in [0.1, 0.15) is 16.8 Å². The summed E-state index contributed by atoms with van der Waals surface area (Å²) in [6, 6.07) is 11.9. The summed E-state index contributed by atoms with van der Waals surface area (Å²) >= 11 is 9.89. The number of nitrogens with one attached hydrogen (secondary N) is 1. The lowest BCUT2D eigenvalue weighted by Gasteiger charge is -2.16. The average molecular weight is 500 g/mol. The number of urea groups is 1. The molecular weight excluding hydrogens is 484 g/mol. The predicted molar refractivity (Wildman–Crippen MR) is 121 cm³/mol. The van der Waals surface area contributed by atoms with E-state index in [4.69, 9.17) is 27.3 Å². The second kappa shape index (κ2) is 8.41. The third-order valence-corrected chi connectivity index (χ3v) is 5.76. The monoisotopic (exact) mass is 498 g/mol. The first kappa shape index (κ1) is 20.9. The van der Waals surface area contributed by atoms with Crippen molar-refractivity contribution < 1.29 is 9.53 Å². The molecule has 0 bridgehead atoms. The van der Waals surface area contributed by atoms with Crippen molar-refractivity contribution in [3.63, 3.8) is 0 Å². The van der Waals surface area contributed by atoms with Crippen LogP contribution in [-0.2, 0) is 13.1 Å². The van der Waals surface area contributed by atoms with Crippen molar-refractivity contribution in [2.24, 2.45) is 0 Å². The van der Waals surface area contributed by atoms with Crippen LogP contribution in [0.15, 0.2) is 40.9 Å². The minimum absolute atomic E-state index is 0.0932. The number of ether oxygens (including phenoxy) is 1. The highest BCUT2D eigenvalue weighted by molar-refractivity contribution is 9.10. The number of aromatic nitrogens is 2. The van der Waals surface area contributed by atoms with Gasteiger partial charge in [0.05, 0.1) is 52.7 Å². The zero-order valence-corrected chi connectivity index (χ0v) is 18.7. The predicted octanol–water partition coefficient (Wildman–Crippen LogP) is 4.57. The SMILES string of the molecule is COc1cc(-c2nc(N)nc3c2CN(C(=O)Nc2cccc(C#N)c2)C3)c(Cl)cc1Br. The Morgan fingerprint density at radius 3 is 2.87 bits per heavy atom. The normalized spacial score (nSPS) is 12.3. The first-order chi connectivity index (χ1) is 14.9. The van der Waals surface area contributed by atoms with Gasteiger partial charge in [-0.25, -0.2) is 14.8 Å². The maximum atomic E-state index is 12.8. The number of hydrogen-bond donors (Lipinski definition) is 2. The number of benzene rings is 2. The molecule has 0 fully saturated rings. The smallest absolute Gasteiger partial charge is 0.322 e. The van der Waals surface area contributed by atoms with Gasteiger partial charge in [-0.3, -0.25) is 0 Å². The Labute approximate surface area is 191 Å². The number of fused-ring (bicyclic) bond motifs is 1. The summed E-state index contributed by atoms with van der Waals surface area (Å²) in [6.07, 6.45) is 0. The fraction of sp³-hybridized carbons (Fsp3) is 0.143. The van der Waals surface area contributed by atoms with Gasteiger partial charge in [0, 0.05) is 16.8 Å². The number of carbonyl (C=O) groups excluding carboxylic acids is 1. The van der Waals surface area contributed by atoms with E-state index in [0.717, 1.165) is 5.56 Å². The average Bonchev–Trinajstić information content (AvgIpc) is 3.18. The van der Waals surface area contributed by atoms with Crippen molar-refractivity contribution in [1.29, 1.82) is 5.26 Å². The summed E-state index contributed by atoms with van der Waals surface area (Å²) < 4.78 is 6.09. The molecule has 1 aliphatic rings. The summed E-state index contributed by atoms with van der Waals surface area (Å²) in [5, 5.41) is 12.3. The molecule has 0 unspecified atom stereocenters. The molecule has 3 aromatic rings. The number of nitriles is 1. The van der Waals surface area contributed by atoms with E-state index < -0.39 is 0 Å². The van der Waals surface area contributed by atoms with Crippen molar-refractivity contribution >= 4 is 45.2 Å². The molecule has 4 rings (SSSR count). The molecule has 0 radical (unpaired) electrons. The van der Waals surface area contributed by atoms with Crippen molar-refractivity contribution in [3.8, 4) is 23.1 Å². The second-order valence-electron chi connectivity index (χ2n) is 6.80. The summed E-state index contributed by atoms with van der Waals surface area (Å²) in [5.41, 5.74) is 9.55. The fourth-order valence-electron chi connectivity index (χ4n) is 3.38. The molecule has 0 saturated carbocycles. The Morgan fingerprint density at radius 1 is 1.32 bits per heavy atom. The minimum atomic E-state index is -0.322. The van der Waals surface area contributed by atoms with E-state index in [2.05, 4.69) is 37.3 Å². The van der Waals surface area contributed by atoms with Crippen LogP contribution in [0.25, 0.3) is 11.3 Å². The van der Waals surface area contributed by atoms with Crippen LogP contribution in [0, 0.1) is 11.3 Å². The third-order valence-electron chi connectivity index (χ3n) is 4.83. The van der Waals surface area contributed by atoms with Crippen molar-refractivity contribution in [2.75, 3.05) is 18.2 Å². The van der Waals surface area contributed by atoms with E-state index in [9.17, 15) is 4.79 Å². The molecule has 0 aliphatic carbocycles. The highest BCUT2D eigenvalue weighted by Gasteiger charge is 2.29. The molecule has 2 amide bonds. The standard InChI is InChI=1S/C21H16BrClN6O2/c1-31-18-6-13(16(23)7-15(18)22)19-14-9-29(10-17(14)27-20(25)28-19)21(30)26-12-4-2-3-11(5-12)8-24/h2-7H,9-10H2,1H3,(H,26,30)(H2,25,27,28). The molecule has 3 N–H and O–H groups in total. The van der Waals surface area contributed by atoms with Gasteiger partial charge in [-0.2, -0.15) is 5.26 Å². The van der Waals surface area contributed by atoms with Crippen LogP contribution in [0.2, 0.25) is 5.02 Å². The van der Waals surface area contributed by atoms with Gasteiger partial charge in [0.2, 0.25) is 5.95 Å². The highest BCUT2D eigenvalue weighted by atomic mass is 79.9. The number of rotatable bonds is 3. The number of halogens is 2. The van der Waals surface area contributed by atoms with Crippen LogP contribution in [0.5, 0.6) is 5.75 Å². The van der Waals surface area contributed by atoms with Crippen molar-refractivity contribution in [3.05, 3.63) is 62.7 Å². The lowest BCUT2D eigenvalue weighted by atomic mass is 10.1. The number of nitrogen functional groups attached to an aromatic ring is 1. The number of hydrogen-bond acceptors (Lipinski definition) is 6. The van der Waals surface area contributed by atoms with Crippen LogP contribution in [-0.4, -0.2) is 28.0 Å². The van der Waals surface area contributed by atoms with Crippen LogP contribution < -0.4 is 15.8 Å². The topological polar surface area (TPSA) is 117 Å². The van der Waals surface area contributed by atoms with E-state index in [-0.39, 0.29) is 25.1 Å². The number of amides is 2. The number of nitrogens with zero attached hydrogens (tertiary/aromatic N) is 4. The van der Waals surface area contributed by atoms with Crippen molar-refractivity contribution in [1.82, 2.24) is 14.9 Å². The highest BCUT2D eigenvalue weighted by Crippen LogP contribution is 2.39. The van der Waals surface area contributed by atoms with Gasteiger partial charge in [-0.05, 0) is 46.3 Å². The first-order valence-corrected chi connectivity index (χ1v) is 10.3. The Kier molecular flexibility index (Phi) is 5.67. The van der Waals surface area contributed by atoms with E-state index in [1.54, 1.807) is 48.4 Å². The van der Waals surface area contributed by atoms with Crippen LogP contribution >= 0.6 is 27.5 Å². The van der Waals surface area contributed by atoms with Gasteiger partial charge in [0.15, 0.2) is 0 Å². The quantitative estimate of drug-likeness (QED) is 0.545. The molecule has 8 nitrogen and oxygen atoms in total. The largest absolute Gasteiger partial charge is 0.496 e. The van der Waals surface area contributed by atoms with Gasteiger partial charge in [-0.1, -0.05) is 17.7 Å². The summed E-state index contributed by atoms with van der Waals surface area (Å²) in [5.74, 6) is 0.686. The Morgan fingerprint density at radius 2 is 2.13 bits per heavy atom. The number of nitrogens with two attached hydrogens (primary N) is 1. The van der Waals surface area contributed by atoms with Gasteiger partial charge in [0.25, 0.3) is 0 Å². The number of anilines is 2. The van der Waals surface area contributed by atoms with Gasteiger partial charge >= 0.3 is 6.03 Å². The number of carbonyl (C=O) groups is 1. The molecule has 0 spiro atoms. The Balaban J connectivity index is 1.65. The van der Waals surface area contributed by atoms with E-state index in [1.807, 2.05) is 0 Å². The zero-order chi connectivity index (χ0) is 22.1. The van der Waals surface area contributed by atoms with E-state index in [0.29, 0.717) is 43.4 Å². The van der Waals surface area contributed by atoms with Gasteiger partial charge < -0.3 is 20.7 Å². The maximum absolute atomic E-state index is 12.8. The third kappa shape index (κ3) is 4.13. The number of methoxy groups -OCH3 is 1. The van der Waals surface area contributed by atoms with Gasteiger partial charge in [-0.15, -0.1) is 0 Å². The fourth-order valence-corrected chi connectivity index (χ4v) is 4.27. The van der Waals surface area contributed by atoms with E-state index >= 15 is 0 Å². The van der Waals surface area contributed by atoms with Crippen molar-refractivity contribution in [2.45, 2.75) is 13.1 Å². The lowest BCUT2D eigenvalue weighted by molar-refractivity contribution is 0.212. The zero-order valence-electron chi connectivity index (χ0n) is 16.3. The second-order valence-corrected chi connectivity index (χ2v) is 8.06. The molecule has 1 aromatic heterocycles. The maximum Gasteiger partial charge on any atom is 0.322 e. The molecule has 2 aromatic carbocycles. The molecule has 10 heteroatoms. The van der Waals surface area contributed by atoms with Crippen LogP contribution in [0.4, 0.5) is 16.4 Å². The summed E-state index contributed by atoms with van der Waals surface area (Å²) in [4.78, 5) is 23.1. The molecular formula is C21H16BrClN6O2. The molecule has 0 atom stereocenters. The Bertz CT molecular complexity index is 1240. The molecule has 31 heavy (non-hydrogen) atoms. The Hall–Kier alpha value is -3.35. The van der Waals surface area contributed by atoms with Gasteiger partial charge in [0.1, 0.15) is 5.75 Å². The first-order valence-electron chi connectivity index (χ1n) is 9.14. The molecule has 156 valence electrons.